The van der Waals surface area contributed by atoms with Crippen LogP contribution >= 0.6 is 0 Å². The van der Waals surface area contributed by atoms with Gasteiger partial charge in [0.25, 0.3) is 5.91 Å². The molecule has 1 aromatic carbocycles. The van der Waals surface area contributed by atoms with E-state index in [2.05, 4.69) is 4.74 Å². The van der Waals surface area contributed by atoms with Crippen molar-refractivity contribution in [3.63, 3.8) is 0 Å². The number of amides is 1. The second-order valence-electron chi connectivity index (χ2n) is 5.76. The molecule has 1 saturated heterocycles. The second kappa shape index (κ2) is 6.76. The Morgan fingerprint density at radius 2 is 2.09 bits per heavy atom. The molecule has 0 bridgehead atoms. The van der Waals surface area contributed by atoms with Crippen LogP contribution in [0.25, 0.3) is 0 Å². The number of rotatable bonds is 4. The molecule has 8 heteroatoms. The molecule has 1 fully saturated rings. The van der Waals surface area contributed by atoms with Gasteiger partial charge in [0.2, 0.25) is 0 Å². The van der Waals surface area contributed by atoms with Crippen molar-refractivity contribution in [3.05, 3.63) is 29.8 Å². The minimum atomic E-state index is -4.80. The topological polar surface area (TPSA) is 53.0 Å². The van der Waals surface area contributed by atoms with E-state index in [9.17, 15) is 23.1 Å². The summed E-state index contributed by atoms with van der Waals surface area (Å²) in [5.41, 5.74) is 0.128. The lowest BCUT2D eigenvalue weighted by atomic mass is 10.0. The fraction of sp³-hybridized carbons (Fsp3) is 0.533. The maximum Gasteiger partial charge on any atom is 0.573 e. The predicted molar refractivity (Wildman–Crippen MR) is 77.1 cm³/mol. The number of nitrogens with zero attached hydrogens (tertiary/aromatic N) is 2. The Hall–Kier alpha value is -1.80. The average molecular weight is 332 g/mol. The van der Waals surface area contributed by atoms with Crippen molar-refractivity contribution in [2.24, 2.45) is 5.92 Å². The molecule has 1 heterocycles. The van der Waals surface area contributed by atoms with E-state index in [-0.39, 0.29) is 30.0 Å². The Labute approximate surface area is 132 Å². The molecule has 128 valence electrons. The van der Waals surface area contributed by atoms with Crippen LogP contribution in [0, 0.1) is 5.92 Å². The van der Waals surface area contributed by atoms with Crippen LogP contribution < -0.4 is 4.74 Å². The van der Waals surface area contributed by atoms with Gasteiger partial charge in [-0.15, -0.1) is 13.2 Å². The third-order valence-electron chi connectivity index (χ3n) is 3.91. The molecule has 2 rings (SSSR count). The summed E-state index contributed by atoms with van der Waals surface area (Å²) >= 11 is 0. The Kier molecular flexibility index (Phi) is 5.16. The first-order valence-corrected chi connectivity index (χ1v) is 7.13. The van der Waals surface area contributed by atoms with Crippen molar-refractivity contribution < 1.29 is 27.8 Å². The van der Waals surface area contributed by atoms with Gasteiger partial charge in [0.1, 0.15) is 5.75 Å². The zero-order valence-electron chi connectivity index (χ0n) is 12.9. The quantitative estimate of drug-likeness (QED) is 0.910. The summed E-state index contributed by atoms with van der Waals surface area (Å²) in [7, 11) is 3.72. The number of likely N-dealkylation sites (N-methyl/N-ethyl adjacent to an activating group) is 1. The monoisotopic (exact) mass is 332 g/mol. The number of carbonyl (C=O) groups excluding carboxylic acids is 1. The lowest BCUT2D eigenvalue weighted by molar-refractivity contribution is -0.274. The van der Waals surface area contributed by atoms with Gasteiger partial charge >= 0.3 is 6.36 Å². The number of alkyl halides is 3. The standard InChI is InChI=1S/C15H19F3N2O3/c1-19(2)13-8-20(7-11(13)9-21)14(22)10-4-3-5-12(6-10)23-15(16,17)18/h3-6,11,13,21H,7-9H2,1-2H3/t11-,13+/m0/s1. The summed E-state index contributed by atoms with van der Waals surface area (Å²) in [5.74, 6) is -0.880. The van der Waals surface area contributed by atoms with Crippen LogP contribution in [0.2, 0.25) is 0 Å². The van der Waals surface area contributed by atoms with E-state index in [4.69, 9.17) is 0 Å². The minimum absolute atomic E-state index is 0.0126. The van der Waals surface area contributed by atoms with Gasteiger partial charge in [-0.3, -0.25) is 4.79 Å². The first kappa shape index (κ1) is 17.6. The maximum absolute atomic E-state index is 12.5. The number of benzene rings is 1. The molecule has 1 aliphatic heterocycles. The van der Waals surface area contributed by atoms with Crippen LogP contribution in [0.1, 0.15) is 10.4 Å². The number of ether oxygens (including phenoxy) is 1. The highest BCUT2D eigenvalue weighted by molar-refractivity contribution is 5.94. The Bertz CT molecular complexity index is 563. The highest BCUT2D eigenvalue weighted by Crippen LogP contribution is 2.26. The lowest BCUT2D eigenvalue weighted by Crippen LogP contribution is -2.37. The molecule has 1 N–H and O–H groups in total. The van der Waals surface area contributed by atoms with Crippen LogP contribution in [0.3, 0.4) is 0 Å². The fourth-order valence-electron chi connectivity index (χ4n) is 2.79. The summed E-state index contributed by atoms with van der Waals surface area (Å²) in [5, 5.41) is 9.42. The van der Waals surface area contributed by atoms with Crippen molar-refractivity contribution in [1.29, 1.82) is 0 Å². The van der Waals surface area contributed by atoms with Gasteiger partial charge in [0.15, 0.2) is 0 Å². The third-order valence-corrected chi connectivity index (χ3v) is 3.91. The molecule has 0 radical (unpaired) electrons. The normalized spacial score (nSPS) is 21.8. The molecule has 1 amide bonds. The molecule has 5 nitrogen and oxygen atoms in total. The van der Waals surface area contributed by atoms with E-state index in [1.165, 1.54) is 17.0 Å². The van der Waals surface area contributed by atoms with E-state index in [0.29, 0.717) is 13.1 Å². The molecular formula is C15H19F3N2O3. The lowest BCUT2D eigenvalue weighted by Gasteiger charge is -2.23. The molecule has 0 aromatic heterocycles. The molecule has 23 heavy (non-hydrogen) atoms. The summed E-state index contributed by atoms with van der Waals surface area (Å²) < 4.78 is 40.6. The molecule has 0 unspecified atom stereocenters. The SMILES string of the molecule is CN(C)[C@@H]1CN(C(=O)c2cccc(OC(F)(F)F)c2)C[C@H]1CO. The van der Waals surface area contributed by atoms with E-state index in [1.54, 1.807) is 0 Å². The summed E-state index contributed by atoms with van der Waals surface area (Å²) in [6.07, 6.45) is -4.80. The third kappa shape index (κ3) is 4.35. The number of hydrogen-bond donors (Lipinski definition) is 1. The van der Waals surface area contributed by atoms with Gasteiger partial charge in [0.05, 0.1) is 0 Å². The first-order chi connectivity index (χ1) is 10.7. The van der Waals surface area contributed by atoms with E-state index in [0.717, 1.165) is 12.1 Å². The molecule has 1 aliphatic rings. The fourth-order valence-corrected chi connectivity index (χ4v) is 2.79. The number of halogens is 3. The first-order valence-electron chi connectivity index (χ1n) is 7.13. The molecule has 0 saturated carbocycles. The smallest absolute Gasteiger partial charge is 0.406 e. The van der Waals surface area contributed by atoms with Crippen molar-refractivity contribution in [3.8, 4) is 5.75 Å². The molecular weight excluding hydrogens is 313 g/mol. The van der Waals surface area contributed by atoms with Crippen molar-refractivity contribution in [2.75, 3.05) is 33.8 Å². The predicted octanol–water partition coefficient (Wildman–Crippen LogP) is 1.58. The number of aliphatic hydroxyl groups is 1. The van der Waals surface area contributed by atoms with Crippen molar-refractivity contribution in [1.82, 2.24) is 9.80 Å². The van der Waals surface area contributed by atoms with Gasteiger partial charge in [-0.25, -0.2) is 0 Å². The van der Waals surface area contributed by atoms with Gasteiger partial charge < -0.3 is 19.6 Å². The molecule has 0 spiro atoms. The summed E-state index contributed by atoms with van der Waals surface area (Å²) in [6.45, 7) is 0.730. The summed E-state index contributed by atoms with van der Waals surface area (Å²) in [4.78, 5) is 16.0. The van der Waals surface area contributed by atoms with Crippen molar-refractivity contribution in [2.45, 2.75) is 12.4 Å². The Morgan fingerprint density at radius 3 is 2.61 bits per heavy atom. The average Bonchev–Trinajstić information content (AvgIpc) is 2.89. The number of carbonyl (C=O) groups is 1. The number of aliphatic hydroxyl groups excluding tert-OH is 1. The maximum atomic E-state index is 12.5. The molecule has 2 atom stereocenters. The van der Waals surface area contributed by atoms with Crippen LogP contribution in [0.5, 0.6) is 5.75 Å². The van der Waals surface area contributed by atoms with Crippen LogP contribution in [-0.2, 0) is 0 Å². The van der Waals surface area contributed by atoms with E-state index < -0.39 is 12.1 Å². The largest absolute Gasteiger partial charge is 0.573 e. The second-order valence-corrected chi connectivity index (χ2v) is 5.76. The van der Waals surface area contributed by atoms with Gasteiger partial charge in [-0.2, -0.15) is 0 Å². The Morgan fingerprint density at radius 1 is 1.39 bits per heavy atom. The minimum Gasteiger partial charge on any atom is -0.406 e. The Balaban J connectivity index is 2.13. The zero-order chi connectivity index (χ0) is 17.2. The van der Waals surface area contributed by atoms with Gasteiger partial charge in [0, 0.05) is 37.2 Å². The highest BCUT2D eigenvalue weighted by Gasteiger charge is 2.36. The van der Waals surface area contributed by atoms with Crippen LogP contribution in [0.4, 0.5) is 13.2 Å². The number of hydrogen-bond acceptors (Lipinski definition) is 4. The highest BCUT2D eigenvalue weighted by atomic mass is 19.4. The van der Waals surface area contributed by atoms with Gasteiger partial charge in [-0.1, -0.05) is 6.07 Å². The molecule has 1 aromatic rings. The van der Waals surface area contributed by atoms with Crippen LogP contribution in [-0.4, -0.2) is 67.0 Å². The number of likely N-dealkylation sites (tertiary alicyclic amines) is 1. The zero-order valence-corrected chi connectivity index (χ0v) is 12.9. The summed E-state index contributed by atoms with van der Waals surface area (Å²) in [6, 6.07) is 5.03. The van der Waals surface area contributed by atoms with E-state index in [1.807, 2.05) is 19.0 Å². The van der Waals surface area contributed by atoms with Crippen LogP contribution in [0.15, 0.2) is 24.3 Å². The van der Waals surface area contributed by atoms with E-state index >= 15 is 0 Å². The van der Waals surface area contributed by atoms with Gasteiger partial charge in [-0.05, 0) is 32.3 Å². The molecule has 0 aliphatic carbocycles. The van der Waals surface area contributed by atoms with Crippen molar-refractivity contribution >= 4 is 5.91 Å².